The lowest BCUT2D eigenvalue weighted by atomic mass is 9.90. The molecule has 0 bridgehead atoms. The number of allylic oxidation sites excluding steroid dienone is 5. The number of aliphatic imine (C=N–C) groups is 1. The lowest BCUT2D eigenvalue weighted by Gasteiger charge is -2.16. The molecule has 2 atom stereocenters. The topological polar surface area (TPSA) is 12.4 Å². The third-order valence-electron chi connectivity index (χ3n) is 2.79. The van der Waals surface area contributed by atoms with Gasteiger partial charge in [-0.3, -0.25) is 4.99 Å². The molecule has 0 spiro atoms. The molecule has 0 aliphatic heterocycles. The molecule has 16 heavy (non-hydrogen) atoms. The molecule has 1 aliphatic rings. The van der Waals surface area contributed by atoms with Crippen molar-refractivity contribution in [1.29, 1.82) is 0 Å². The summed E-state index contributed by atoms with van der Waals surface area (Å²) in [7, 11) is 2.64. The molecule has 2 unspecified atom stereocenters. The molecule has 0 aromatic carbocycles. The Morgan fingerprint density at radius 3 is 3.00 bits per heavy atom. The van der Waals surface area contributed by atoms with Crippen LogP contribution in [0.2, 0.25) is 0 Å². The predicted octanol–water partition coefficient (Wildman–Crippen LogP) is 4.14. The summed E-state index contributed by atoms with van der Waals surface area (Å²) in [6.45, 7) is 4.39. The smallest absolute Gasteiger partial charge is 0.0259 e. The van der Waals surface area contributed by atoms with E-state index in [9.17, 15) is 0 Å². The standard InChI is InChI=1S/C14H22NP/c1-3-4-13-5-7-14(8-6-13)12(2)11-15-9-10-16/h5-7,9,11,14H,3-4,8,10,16H2,1-2H3/b12-11+,15-9?. The predicted molar refractivity (Wildman–Crippen MR) is 77.1 cm³/mol. The molecular formula is C14H22NP. The van der Waals surface area contributed by atoms with Crippen molar-refractivity contribution in [3.05, 3.63) is 35.6 Å². The van der Waals surface area contributed by atoms with Crippen molar-refractivity contribution >= 4 is 15.5 Å². The average molecular weight is 235 g/mol. The summed E-state index contributed by atoms with van der Waals surface area (Å²) in [5.74, 6) is 0.544. The molecule has 1 aliphatic carbocycles. The molecule has 0 saturated heterocycles. The van der Waals surface area contributed by atoms with Gasteiger partial charge in [0.1, 0.15) is 0 Å². The van der Waals surface area contributed by atoms with E-state index in [2.05, 4.69) is 46.3 Å². The van der Waals surface area contributed by atoms with E-state index >= 15 is 0 Å². The average Bonchev–Trinajstić information content (AvgIpc) is 2.30. The van der Waals surface area contributed by atoms with Crippen LogP contribution in [0.4, 0.5) is 0 Å². The lowest BCUT2D eigenvalue weighted by molar-refractivity contribution is 0.747. The molecule has 0 radical (unpaired) electrons. The lowest BCUT2D eigenvalue weighted by Crippen LogP contribution is -2.01. The number of hydrogen-bond acceptors (Lipinski definition) is 1. The van der Waals surface area contributed by atoms with Crippen molar-refractivity contribution in [3.63, 3.8) is 0 Å². The van der Waals surface area contributed by atoms with Gasteiger partial charge in [0.25, 0.3) is 0 Å². The Morgan fingerprint density at radius 1 is 1.62 bits per heavy atom. The minimum atomic E-state index is 0.544. The quantitative estimate of drug-likeness (QED) is 0.501. The van der Waals surface area contributed by atoms with Crippen molar-refractivity contribution in [2.75, 3.05) is 6.16 Å². The van der Waals surface area contributed by atoms with Gasteiger partial charge in [0.2, 0.25) is 0 Å². The van der Waals surface area contributed by atoms with Crippen LogP contribution in [-0.4, -0.2) is 12.4 Å². The highest BCUT2D eigenvalue weighted by atomic mass is 31.0. The maximum Gasteiger partial charge on any atom is 0.0259 e. The van der Waals surface area contributed by atoms with E-state index in [4.69, 9.17) is 0 Å². The maximum atomic E-state index is 4.26. The molecule has 0 saturated carbocycles. The first-order chi connectivity index (χ1) is 7.77. The Hall–Kier alpha value is -0.680. The van der Waals surface area contributed by atoms with E-state index in [1.807, 2.05) is 12.4 Å². The van der Waals surface area contributed by atoms with Crippen LogP contribution in [0.25, 0.3) is 0 Å². The zero-order valence-electron chi connectivity index (χ0n) is 10.3. The summed E-state index contributed by atoms with van der Waals surface area (Å²) >= 11 is 0. The zero-order chi connectivity index (χ0) is 11.8. The summed E-state index contributed by atoms with van der Waals surface area (Å²) in [4.78, 5) is 4.26. The fraction of sp³-hybridized carbons (Fsp3) is 0.500. The van der Waals surface area contributed by atoms with Crippen molar-refractivity contribution in [2.45, 2.75) is 33.1 Å². The van der Waals surface area contributed by atoms with Crippen LogP contribution >= 0.6 is 9.24 Å². The van der Waals surface area contributed by atoms with Crippen molar-refractivity contribution in [3.8, 4) is 0 Å². The highest BCUT2D eigenvalue weighted by Gasteiger charge is 2.09. The Bertz CT molecular complexity index is 324. The summed E-state index contributed by atoms with van der Waals surface area (Å²) in [5, 5.41) is 0. The van der Waals surface area contributed by atoms with Crippen molar-refractivity contribution in [2.24, 2.45) is 10.9 Å². The molecule has 0 amide bonds. The fourth-order valence-corrected chi connectivity index (χ4v) is 1.93. The minimum Gasteiger partial charge on any atom is -0.269 e. The van der Waals surface area contributed by atoms with Gasteiger partial charge in [0.15, 0.2) is 0 Å². The van der Waals surface area contributed by atoms with Gasteiger partial charge in [-0.05, 0) is 31.5 Å². The van der Waals surface area contributed by atoms with E-state index < -0.39 is 0 Å². The second kappa shape index (κ2) is 7.57. The summed E-state index contributed by atoms with van der Waals surface area (Å²) < 4.78 is 0. The van der Waals surface area contributed by atoms with Crippen molar-refractivity contribution < 1.29 is 0 Å². The van der Waals surface area contributed by atoms with E-state index in [1.54, 1.807) is 0 Å². The Kier molecular flexibility index (Phi) is 6.33. The van der Waals surface area contributed by atoms with Crippen LogP contribution in [0, 0.1) is 5.92 Å². The first-order valence-corrected chi connectivity index (χ1v) is 6.85. The maximum absolute atomic E-state index is 4.26. The minimum absolute atomic E-state index is 0.544. The summed E-state index contributed by atoms with van der Waals surface area (Å²) in [5.41, 5.74) is 2.83. The highest BCUT2D eigenvalue weighted by Crippen LogP contribution is 2.24. The van der Waals surface area contributed by atoms with Gasteiger partial charge >= 0.3 is 0 Å². The third kappa shape index (κ3) is 4.45. The second-order valence-electron chi connectivity index (χ2n) is 4.17. The number of hydrogen-bond donors (Lipinski definition) is 0. The Labute approximate surface area is 102 Å². The SMILES string of the molecule is CCCC1=CCC(/C(C)=C/N=CCP)C=C1. The van der Waals surface area contributed by atoms with Gasteiger partial charge < -0.3 is 0 Å². The first kappa shape index (κ1) is 13.4. The van der Waals surface area contributed by atoms with Crippen LogP contribution in [0.15, 0.2) is 40.6 Å². The molecule has 0 aromatic heterocycles. The van der Waals surface area contributed by atoms with Gasteiger partial charge in [-0.25, -0.2) is 0 Å². The summed E-state index contributed by atoms with van der Waals surface area (Å²) in [6.07, 6.45) is 15.3. The van der Waals surface area contributed by atoms with Crippen LogP contribution in [0.1, 0.15) is 33.1 Å². The molecule has 0 heterocycles. The van der Waals surface area contributed by atoms with E-state index in [1.165, 1.54) is 24.0 Å². The molecule has 2 heteroatoms. The second-order valence-corrected chi connectivity index (χ2v) is 4.64. The third-order valence-corrected chi connectivity index (χ3v) is 3.00. The first-order valence-electron chi connectivity index (χ1n) is 6.03. The van der Waals surface area contributed by atoms with Crippen LogP contribution in [-0.2, 0) is 0 Å². The summed E-state index contributed by atoms with van der Waals surface area (Å²) in [6, 6.07) is 0. The van der Waals surface area contributed by atoms with Crippen LogP contribution in [0.3, 0.4) is 0 Å². The molecule has 1 rings (SSSR count). The monoisotopic (exact) mass is 235 g/mol. The highest BCUT2D eigenvalue weighted by molar-refractivity contribution is 7.17. The largest absolute Gasteiger partial charge is 0.269 e. The van der Waals surface area contributed by atoms with Gasteiger partial charge in [0, 0.05) is 18.3 Å². The van der Waals surface area contributed by atoms with Crippen LogP contribution < -0.4 is 0 Å². The van der Waals surface area contributed by atoms with E-state index in [-0.39, 0.29) is 0 Å². The molecule has 0 N–H and O–H groups in total. The number of rotatable bonds is 5. The molecule has 0 fully saturated rings. The number of nitrogens with zero attached hydrogens (tertiary/aromatic N) is 1. The van der Waals surface area contributed by atoms with Gasteiger partial charge in [0.05, 0.1) is 0 Å². The van der Waals surface area contributed by atoms with E-state index in [0.29, 0.717) is 5.92 Å². The van der Waals surface area contributed by atoms with Gasteiger partial charge in [-0.15, -0.1) is 9.24 Å². The van der Waals surface area contributed by atoms with E-state index in [0.717, 1.165) is 12.6 Å². The molecule has 0 aromatic rings. The zero-order valence-corrected chi connectivity index (χ0v) is 11.5. The Balaban J connectivity index is 2.51. The normalized spacial score (nSPS) is 21.6. The molecule has 88 valence electrons. The fourth-order valence-electron chi connectivity index (χ4n) is 1.80. The van der Waals surface area contributed by atoms with Crippen LogP contribution in [0.5, 0.6) is 0 Å². The molecular weight excluding hydrogens is 213 g/mol. The van der Waals surface area contributed by atoms with Gasteiger partial charge in [-0.1, -0.05) is 37.1 Å². The van der Waals surface area contributed by atoms with Gasteiger partial charge in [-0.2, -0.15) is 0 Å². The van der Waals surface area contributed by atoms with Crippen molar-refractivity contribution in [1.82, 2.24) is 0 Å². The molecule has 1 nitrogen and oxygen atoms in total. The Morgan fingerprint density at radius 2 is 2.44 bits per heavy atom.